The van der Waals surface area contributed by atoms with Gasteiger partial charge in [0.2, 0.25) is 5.91 Å². The van der Waals surface area contributed by atoms with Crippen molar-refractivity contribution in [3.8, 4) is 0 Å². The molecule has 0 saturated carbocycles. The molecule has 0 aliphatic carbocycles. The van der Waals surface area contributed by atoms with Crippen LogP contribution >= 0.6 is 11.8 Å². The SMILES string of the molecule is COC(=O)[C@@H]1CSC2(CCN(C(=O)C[C@@H](C)O)C2)N1. The van der Waals surface area contributed by atoms with Gasteiger partial charge in [-0.05, 0) is 13.3 Å². The van der Waals surface area contributed by atoms with Crippen LogP contribution in [0.2, 0.25) is 0 Å². The number of nitrogens with zero attached hydrogens (tertiary/aromatic N) is 1. The zero-order valence-corrected chi connectivity index (χ0v) is 12.0. The zero-order chi connectivity index (χ0) is 14.0. The first-order valence-corrected chi connectivity index (χ1v) is 7.40. The summed E-state index contributed by atoms with van der Waals surface area (Å²) in [7, 11) is 1.38. The number of carbonyl (C=O) groups excluding carboxylic acids is 2. The van der Waals surface area contributed by atoms with Gasteiger partial charge in [0.05, 0.1) is 24.5 Å². The molecule has 6 nitrogen and oxygen atoms in total. The van der Waals surface area contributed by atoms with Crippen molar-refractivity contribution in [2.24, 2.45) is 0 Å². The van der Waals surface area contributed by atoms with E-state index in [0.29, 0.717) is 18.8 Å². The van der Waals surface area contributed by atoms with E-state index in [1.165, 1.54) is 7.11 Å². The van der Waals surface area contributed by atoms with E-state index in [1.54, 1.807) is 23.6 Å². The van der Waals surface area contributed by atoms with E-state index in [0.717, 1.165) is 6.42 Å². The molecule has 0 aromatic heterocycles. The van der Waals surface area contributed by atoms with Gasteiger partial charge >= 0.3 is 5.97 Å². The molecule has 2 fully saturated rings. The van der Waals surface area contributed by atoms with Crippen LogP contribution in [0.1, 0.15) is 19.8 Å². The molecule has 2 saturated heterocycles. The Kier molecular flexibility index (Phi) is 4.37. The van der Waals surface area contributed by atoms with E-state index in [4.69, 9.17) is 4.74 Å². The van der Waals surface area contributed by atoms with Gasteiger partial charge in [0.25, 0.3) is 0 Å². The molecular weight excluding hydrogens is 268 g/mol. The van der Waals surface area contributed by atoms with E-state index in [-0.39, 0.29) is 29.2 Å². The maximum absolute atomic E-state index is 11.9. The maximum Gasteiger partial charge on any atom is 0.323 e. The van der Waals surface area contributed by atoms with Gasteiger partial charge in [-0.3, -0.25) is 14.9 Å². The van der Waals surface area contributed by atoms with Crippen molar-refractivity contribution in [3.05, 3.63) is 0 Å². The topological polar surface area (TPSA) is 78.9 Å². The third-order valence-electron chi connectivity index (χ3n) is 3.50. The number of methoxy groups -OCH3 is 1. The van der Waals surface area contributed by atoms with E-state index in [9.17, 15) is 14.7 Å². The van der Waals surface area contributed by atoms with Crippen LogP contribution in [0.4, 0.5) is 0 Å². The molecule has 1 spiro atoms. The predicted molar refractivity (Wildman–Crippen MR) is 71.6 cm³/mol. The summed E-state index contributed by atoms with van der Waals surface area (Å²) in [6.07, 6.45) is 0.355. The molecule has 0 radical (unpaired) electrons. The molecule has 0 aromatic rings. The van der Waals surface area contributed by atoms with Crippen LogP contribution < -0.4 is 5.32 Å². The molecule has 0 aromatic carbocycles. The van der Waals surface area contributed by atoms with Crippen molar-refractivity contribution < 1.29 is 19.4 Å². The molecule has 2 aliphatic heterocycles. The van der Waals surface area contributed by atoms with E-state index < -0.39 is 6.10 Å². The lowest BCUT2D eigenvalue weighted by molar-refractivity contribution is -0.142. The number of esters is 1. The van der Waals surface area contributed by atoms with Crippen molar-refractivity contribution >= 4 is 23.6 Å². The summed E-state index contributed by atoms with van der Waals surface area (Å²) in [5.74, 6) is 0.388. The highest BCUT2D eigenvalue weighted by Crippen LogP contribution is 2.38. The molecule has 7 heteroatoms. The van der Waals surface area contributed by atoms with E-state index in [1.807, 2.05) is 0 Å². The van der Waals surface area contributed by atoms with Crippen LogP contribution in [-0.2, 0) is 14.3 Å². The largest absolute Gasteiger partial charge is 0.468 e. The van der Waals surface area contributed by atoms with Gasteiger partial charge in [0, 0.05) is 18.8 Å². The van der Waals surface area contributed by atoms with Crippen LogP contribution in [0.25, 0.3) is 0 Å². The molecule has 2 rings (SSSR count). The van der Waals surface area contributed by atoms with Crippen LogP contribution in [0, 0.1) is 0 Å². The molecule has 3 atom stereocenters. The Balaban J connectivity index is 1.91. The fourth-order valence-electron chi connectivity index (χ4n) is 2.53. The summed E-state index contributed by atoms with van der Waals surface area (Å²) in [5, 5.41) is 12.5. The minimum Gasteiger partial charge on any atom is -0.468 e. The van der Waals surface area contributed by atoms with E-state index >= 15 is 0 Å². The van der Waals surface area contributed by atoms with Crippen molar-refractivity contribution in [1.82, 2.24) is 10.2 Å². The lowest BCUT2D eigenvalue weighted by Gasteiger charge is -2.24. The van der Waals surface area contributed by atoms with E-state index in [2.05, 4.69) is 5.32 Å². The lowest BCUT2D eigenvalue weighted by atomic mass is 10.2. The second kappa shape index (κ2) is 5.68. The third kappa shape index (κ3) is 3.21. The highest BCUT2D eigenvalue weighted by molar-refractivity contribution is 8.01. The Morgan fingerprint density at radius 2 is 2.37 bits per heavy atom. The predicted octanol–water partition coefficient (Wildman–Crippen LogP) is -0.436. The Bertz CT molecular complexity index is 377. The molecule has 0 bridgehead atoms. The second-order valence-electron chi connectivity index (χ2n) is 5.14. The van der Waals surface area contributed by atoms with Crippen molar-refractivity contribution in [2.45, 2.75) is 36.8 Å². The number of rotatable bonds is 3. The molecule has 2 heterocycles. The Morgan fingerprint density at radius 3 is 3.00 bits per heavy atom. The number of amides is 1. The van der Waals surface area contributed by atoms with Gasteiger partial charge in [-0.2, -0.15) is 0 Å². The number of carbonyl (C=O) groups is 2. The molecule has 108 valence electrons. The second-order valence-corrected chi connectivity index (χ2v) is 6.55. The van der Waals surface area contributed by atoms with Gasteiger partial charge in [0.1, 0.15) is 6.04 Å². The van der Waals surface area contributed by atoms with Crippen molar-refractivity contribution in [3.63, 3.8) is 0 Å². The smallest absolute Gasteiger partial charge is 0.323 e. The molecule has 1 unspecified atom stereocenters. The van der Waals surface area contributed by atoms with Gasteiger partial charge in [0.15, 0.2) is 0 Å². The first kappa shape index (κ1) is 14.6. The molecule has 2 N–H and O–H groups in total. The summed E-state index contributed by atoms with van der Waals surface area (Å²) >= 11 is 1.68. The summed E-state index contributed by atoms with van der Waals surface area (Å²) in [4.78, 5) is 24.9. The minimum atomic E-state index is -0.615. The first-order valence-electron chi connectivity index (χ1n) is 6.41. The maximum atomic E-state index is 11.9. The fraction of sp³-hybridized carbons (Fsp3) is 0.833. The average molecular weight is 288 g/mol. The normalized spacial score (nSPS) is 31.7. The van der Waals surface area contributed by atoms with Gasteiger partial charge in [-0.25, -0.2) is 0 Å². The number of nitrogens with one attached hydrogen (secondary N) is 1. The van der Waals surface area contributed by atoms with Crippen LogP contribution in [0.15, 0.2) is 0 Å². The number of aliphatic hydroxyl groups excluding tert-OH is 1. The monoisotopic (exact) mass is 288 g/mol. The molecular formula is C12H20N2O4S. The van der Waals surface area contributed by atoms with Crippen LogP contribution in [0.5, 0.6) is 0 Å². The Hall–Kier alpha value is -0.790. The molecule has 1 amide bonds. The van der Waals surface area contributed by atoms with Crippen LogP contribution in [0.3, 0.4) is 0 Å². The minimum absolute atomic E-state index is 0.0317. The Morgan fingerprint density at radius 1 is 1.63 bits per heavy atom. The summed E-state index contributed by atoms with van der Waals surface area (Å²) in [6.45, 7) is 2.86. The fourth-order valence-corrected chi connectivity index (χ4v) is 3.94. The molecule has 2 aliphatic rings. The standard InChI is InChI=1S/C12H20N2O4S/c1-8(15)5-10(16)14-4-3-12(7-14)13-9(6-19-12)11(17)18-2/h8-9,13,15H,3-7H2,1-2H3/t8-,9+,12?/m1/s1. The lowest BCUT2D eigenvalue weighted by Crippen LogP contribution is -2.47. The highest BCUT2D eigenvalue weighted by atomic mass is 32.2. The number of hydrogen-bond acceptors (Lipinski definition) is 6. The van der Waals surface area contributed by atoms with Gasteiger partial charge < -0.3 is 14.7 Å². The summed E-state index contributed by atoms with van der Waals surface area (Å²) < 4.78 is 4.74. The summed E-state index contributed by atoms with van der Waals surface area (Å²) in [5.41, 5.74) is 0. The molecule has 19 heavy (non-hydrogen) atoms. The quantitative estimate of drug-likeness (QED) is 0.686. The average Bonchev–Trinajstić information content (AvgIpc) is 2.96. The first-order chi connectivity index (χ1) is 8.96. The number of likely N-dealkylation sites (tertiary alicyclic amines) is 1. The zero-order valence-electron chi connectivity index (χ0n) is 11.2. The third-order valence-corrected chi connectivity index (χ3v) is 5.01. The van der Waals surface area contributed by atoms with Crippen molar-refractivity contribution in [2.75, 3.05) is 26.0 Å². The number of ether oxygens (including phenoxy) is 1. The number of thioether (sulfide) groups is 1. The van der Waals surface area contributed by atoms with Gasteiger partial charge in [-0.15, -0.1) is 11.8 Å². The number of aliphatic hydroxyl groups is 1. The number of hydrogen-bond donors (Lipinski definition) is 2. The van der Waals surface area contributed by atoms with Gasteiger partial charge in [-0.1, -0.05) is 0 Å². The highest BCUT2D eigenvalue weighted by Gasteiger charge is 2.47. The summed E-state index contributed by atoms with van der Waals surface area (Å²) in [6, 6.07) is -0.290. The van der Waals surface area contributed by atoms with Crippen LogP contribution in [-0.4, -0.2) is 64.9 Å². The van der Waals surface area contributed by atoms with Crippen molar-refractivity contribution in [1.29, 1.82) is 0 Å². The Labute approximate surface area is 116 Å².